The number of nitrogens with one attached hydrogen (secondary N) is 1. The first-order chi connectivity index (χ1) is 12.4. The number of rotatable bonds is 3. The van der Waals surface area contributed by atoms with E-state index in [2.05, 4.69) is 9.97 Å². The number of hydrogen-bond donors (Lipinski definition) is 2. The van der Waals surface area contributed by atoms with Crippen molar-refractivity contribution in [1.29, 1.82) is 0 Å². The highest BCUT2D eigenvalue weighted by Crippen LogP contribution is 2.50. The van der Waals surface area contributed by atoms with E-state index in [0.717, 1.165) is 16.9 Å². The molecule has 0 saturated carbocycles. The van der Waals surface area contributed by atoms with Crippen molar-refractivity contribution in [3.05, 3.63) is 53.2 Å². The molecule has 2 N–H and O–H groups in total. The fraction of sp³-hybridized carbons (Fsp3) is 0.235. The van der Waals surface area contributed by atoms with E-state index in [9.17, 15) is 31.4 Å². The van der Waals surface area contributed by atoms with Crippen LogP contribution in [0.15, 0.2) is 41.8 Å². The van der Waals surface area contributed by atoms with Gasteiger partial charge >= 0.3 is 18.0 Å². The maximum atomic E-state index is 13.2. The van der Waals surface area contributed by atoms with Crippen LogP contribution in [0, 0.1) is 6.92 Å². The summed E-state index contributed by atoms with van der Waals surface area (Å²) in [5.41, 5.74) is -4.16. The third-order valence-electron chi connectivity index (χ3n) is 3.89. The summed E-state index contributed by atoms with van der Waals surface area (Å²) in [7, 11) is 0. The Kier molecular flexibility index (Phi) is 4.59. The van der Waals surface area contributed by atoms with Gasteiger partial charge in [0.1, 0.15) is 0 Å². The summed E-state index contributed by atoms with van der Waals surface area (Å²) in [6.45, 7) is 1.74. The maximum absolute atomic E-state index is 13.2. The molecule has 3 aromatic rings. The lowest BCUT2D eigenvalue weighted by molar-refractivity contribution is -0.378. The molecule has 0 unspecified atom stereocenters. The number of aromatic amines is 1. The Morgan fingerprint density at radius 2 is 1.59 bits per heavy atom. The summed E-state index contributed by atoms with van der Waals surface area (Å²) in [5.74, 6) is -1.62. The molecule has 10 heteroatoms. The largest absolute Gasteiger partial charge is 0.433 e. The molecule has 1 aromatic carbocycles. The first kappa shape index (κ1) is 19.4. The summed E-state index contributed by atoms with van der Waals surface area (Å²) in [6, 6.07) is 9.41. The van der Waals surface area contributed by atoms with Crippen LogP contribution in [0.25, 0.3) is 21.8 Å². The summed E-state index contributed by atoms with van der Waals surface area (Å²) in [4.78, 5) is 6.00. The van der Waals surface area contributed by atoms with E-state index in [0.29, 0.717) is 10.4 Å². The van der Waals surface area contributed by atoms with E-state index in [1.54, 1.807) is 36.6 Å². The molecule has 2 aromatic heterocycles. The van der Waals surface area contributed by atoms with Crippen molar-refractivity contribution in [3.63, 3.8) is 0 Å². The van der Waals surface area contributed by atoms with Gasteiger partial charge in [-0.2, -0.15) is 26.3 Å². The van der Waals surface area contributed by atoms with Crippen LogP contribution in [0.1, 0.15) is 11.4 Å². The molecule has 3 nitrogen and oxygen atoms in total. The molecule has 2 heterocycles. The third kappa shape index (κ3) is 3.23. The lowest BCUT2D eigenvalue weighted by Gasteiger charge is -2.30. The first-order valence-corrected chi connectivity index (χ1v) is 8.40. The van der Waals surface area contributed by atoms with Gasteiger partial charge < -0.3 is 10.1 Å². The van der Waals surface area contributed by atoms with Crippen LogP contribution in [0.5, 0.6) is 0 Å². The van der Waals surface area contributed by atoms with Crippen molar-refractivity contribution in [3.8, 4) is 21.8 Å². The number of aryl methyl sites for hydroxylation is 1. The fourth-order valence-electron chi connectivity index (χ4n) is 2.52. The Morgan fingerprint density at radius 3 is 2.07 bits per heavy atom. The quantitative estimate of drug-likeness (QED) is 0.570. The van der Waals surface area contributed by atoms with Crippen LogP contribution in [0.2, 0.25) is 0 Å². The van der Waals surface area contributed by atoms with Gasteiger partial charge in [0, 0.05) is 5.56 Å². The molecule has 0 aliphatic rings. The standard InChI is InChI=1S/C17H12F6N2OS/c1-9-7-11(27-8-9)13-12(10-5-3-2-4-6-10)24-14(25-13)15(26,16(18,19)20)17(21,22)23/h2-8,26H,1H3,(H,24,25). The van der Waals surface area contributed by atoms with E-state index >= 15 is 0 Å². The number of imidazole rings is 1. The van der Waals surface area contributed by atoms with Crippen molar-refractivity contribution in [1.82, 2.24) is 9.97 Å². The van der Waals surface area contributed by atoms with E-state index < -0.39 is 23.8 Å². The number of aliphatic hydroxyl groups is 1. The lowest BCUT2D eigenvalue weighted by atomic mass is 10.0. The highest BCUT2D eigenvalue weighted by Gasteiger charge is 2.73. The maximum Gasteiger partial charge on any atom is 0.433 e. The molecule has 144 valence electrons. The van der Waals surface area contributed by atoms with E-state index in [-0.39, 0.29) is 11.4 Å². The Balaban J connectivity index is 2.29. The van der Waals surface area contributed by atoms with Crippen molar-refractivity contribution >= 4 is 11.3 Å². The minimum absolute atomic E-state index is 0.0266. The molecule has 0 aliphatic heterocycles. The van der Waals surface area contributed by atoms with Gasteiger partial charge in [0.25, 0.3) is 0 Å². The summed E-state index contributed by atoms with van der Waals surface area (Å²) in [5, 5.41) is 11.4. The minimum Gasteiger partial charge on any atom is -0.367 e. The fourth-order valence-corrected chi connectivity index (χ4v) is 3.42. The van der Waals surface area contributed by atoms with Crippen LogP contribution >= 0.6 is 11.3 Å². The van der Waals surface area contributed by atoms with Crippen LogP contribution in [0.3, 0.4) is 0 Å². The predicted molar refractivity (Wildman–Crippen MR) is 88.1 cm³/mol. The van der Waals surface area contributed by atoms with Crippen LogP contribution < -0.4 is 0 Å². The zero-order chi connectivity index (χ0) is 20.0. The molecular formula is C17H12F6N2OS. The second-order valence-electron chi connectivity index (χ2n) is 5.87. The first-order valence-electron chi connectivity index (χ1n) is 7.52. The van der Waals surface area contributed by atoms with Gasteiger partial charge in [-0.1, -0.05) is 30.3 Å². The highest BCUT2D eigenvalue weighted by atomic mass is 32.1. The zero-order valence-corrected chi connectivity index (χ0v) is 14.4. The van der Waals surface area contributed by atoms with Crippen molar-refractivity contribution in [2.24, 2.45) is 0 Å². The molecule has 27 heavy (non-hydrogen) atoms. The normalized spacial score (nSPS) is 13.2. The Hall–Kier alpha value is -2.33. The predicted octanol–water partition coefficient (Wildman–Crippen LogP) is 5.43. The molecule has 0 atom stereocenters. The SMILES string of the molecule is Cc1csc(-c2[nH]c(C(O)(C(F)(F)F)C(F)(F)F)nc2-c2ccccc2)c1. The number of benzene rings is 1. The van der Waals surface area contributed by atoms with E-state index in [4.69, 9.17) is 0 Å². The van der Waals surface area contributed by atoms with Crippen molar-refractivity contribution in [2.75, 3.05) is 0 Å². The molecule has 0 amide bonds. The van der Waals surface area contributed by atoms with Gasteiger partial charge in [0.05, 0.1) is 16.3 Å². The van der Waals surface area contributed by atoms with Crippen LogP contribution in [0.4, 0.5) is 26.3 Å². The Labute approximate surface area is 153 Å². The van der Waals surface area contributed by atoms with Gasteiger partial charge in [0.2, 0.25) is 0 Å². The number of alkyl halides is 6. The average molecular weight is 406 g/mol. The third-order valence-corrected chi connectivity index (χ3v) is 4.96. The molecule has 0 bridgehead atoms. The second-order valence-corrected chi connectivity index (χ2v) is 6.78. The Morgan fingerprint density at radius 1 is 1.00 bits per heavy atom. The van der Waals surface area contributed by atoms with Gasteiger partial charge in [-0.3, -0.25) is 0 Å². The van der Waals surface area contributed by atoms with Crippen molar-refractivity contribution < 1.29 is 31.4 Å². The van der Waals surface area contributed by atoms with E-state index in [1.165, 1.54) is 12.1 Å². The number of hydrogen-bond acceptors (Lipinski definition) is 3. The topological polar surface area (TPSA) is 48.9 Å². The number of H-pyrrole nitrogens is 1. The van der Waals surface area contributed by atoms with Gasteiger partial charge in [-0.15, -0.1) is 11.3 Å². The molecule has 0 fully saturated rings. The molecule has 0 spiro atoms. The minimum atomic E-state index is -6.01. The van der Waals surface area contributed by atoms with E-state index in [1.807, 2.05) is 0 Å². The van der Waals surface area contributed by atoms with Gasteiger partial charge in [-0.25, -0.2) is 4.98 Å². The number of halogens is 6. The van der Waals surface area contributed by atoms with Crippen molar-refractivity contribution in [2.45, 2.75) is 24.9 Å². The average Bonchev–Trinajstić information content (AvgIpc) is 3.19. The highest BCUT2D eigenvalue weighted by molar-refractivity contribution is 7.13. The molecular weight excluding hydrogens is 394 g/mol. The van der Waals surface area contributed by atoms with Gasteiger partial charge in [-0.05, 0) is 23.9 Å². The monoisotopic (exact) mass is 406 g/mol. The number of nitrogens with zero attached hydrogens (tertiary/aromatic N) is 1. The molecule has 0 saturated heterocycles. The summed E-state index contributed by atoms with van der Waals surface area (Å²) in [6.07, 6.45) is -12.0. The van der Waals surface area contributed by atoms with Crippen LogP contribution in [-0.2, 0) is 5.60 Å². The smallest absolute Gasteiger partial charge is 0.367 e. The molecule has 3 rings (SSSR count). The number of aromatic nitrogens is 2. The van der Waals surface area contributed by atoms with Crippen LogP contribution in [-0.4, -0.2) is 27.4 Å². The summed E-state index contributed by atoms with van der Waals surface area (Å²) < 4.78 is 79.3. The lowest BCUT2D eigenvalue weighted by Crippen LogP contribution is -2.54. The molecule has 0 radical (unpaired) electrons. The summed E-state index contributed by atoms with van der Waals surface area (Å²) >= 11 is 1.14. The second kappa shape index (κ2) is 6.38. The zero-order valence-electron chi connectivity index (χ0n) is 13.6. The Bertz CT molecular complexity index is 928. The number of thiophene rings is 1. The molecule has 0 aliphatic carbocycles. The van der Waals surface area contributed by atoms with Gasteiger partial charge in [0.15, 0.2) is 5.82 Å².